The van der Waals surface area contributed by atoms with Crippen molar-refractivity contribution in [1.82, 2.24) is 5.06 Å². The Morgan fingerprint density at radius 1 is 1.21 bits per heavy atom. The Kier molecular flexibility index (Phi) is 5.80. The number of amides is 1. The van der Waals surface area contributed by atoms with Crippen LogP contribution in [0.4, 0.5) is 0 Å². The predicted molar refractivity (Wildman–Crippen MR) is 70.8 cm³/mol. The van der Waals surface area contributed by atoms with Crippen LogP contribution in [0.25, 0.3) is 0 Å². The first-order chi connectivity index (χ1) is 8.69. The molecule has 0 aliphatic heterocycles. The molecule has 3 N–H and O–H groups in total. The molecule has 0 aliphatic carbocycles. The third-order valence-electron chi connectivity index (χ3n) is 2.16. The Labute approximate surface area is 119 Å². The van der Waals surface area contributed by atoms with Crippen molar-refractivity contribution >= 4 is 36.7 Å². The summed E-state index contributed by atoms with van der Waals surface area (Å²) >= 11 is 11.4. The Balaban J connectivity index is 2.64. The second-order valence-corrected chi connectivity index (χ2v) is 6.48. The summed E-state index contributed by atoms with van der Waals surface area (Å²) in [6.45, 7) is -0.200. The summed E-state index contributed by atoms with van der Waals surface area (Å²) in [6, 6.07) is 4.11. The van der Waals surface area contributed by atoms with Gasteiger partial charge in [-0.15, -0.1) is 0 Å². The van der Waals surface area contributed by atoms with E-state index in [0.29, 0.717) is 5.06 Å². The lowest BCUT2D eigenvalue weighted by atomic mass is 10.2. The minimum absolute atomic E-state index is 0.0270. The highest BCUT2D eigenvalue weighted by Crippen LogP contribution is 2.34. The van der Waals surface area contributed by atoms with Gasteiger partial charge in [-0.3, -0.25) is 14.6 Å². The average molecular weight is 328 g/mol. The summed E-state index contributed by atoms with van der Waals surface area (Å²) in [4.78, 5) is 29.1. The van der Waals surface area contributed by atoms with Gasteiger partial charge in [0.1, 0.15) is 0 Å². The van der Waals surface area contributed by atoms with Gasteiger partial charge in [-0.05, 0) is 24.6 Å². The molecular formula is C10H12Cl2NO5P. The molecule has 9 heteroatoms. The molecule has 0 spiro atoms. The fourth-order valence-corrected chi connectivity index (χ4v) is 2.43. The van der Waals surface area contributed by atoms with E-state index in [2.05, 4.69) is 0 Å². The van der Waals surface area contributed by atoms with Gasteiger partial charge in [-0.2, -0.15) is 0 Å². The molecule has 0 aliphatic rings. The van der Waals surface area contributed by atoms with E-state index in [1.807, 2.05) is 0 Å². The van der Waals surface area contributed by atoms with E-state index in [9.17, 15) is 14.6 Å². The molecule has 0 aromatic heterocycles. The zero-order chi connectivity index (χ0) is 14.6. The Bertz CT molecular complexity index is 498. The minimum Gasteiger partial charge on any atom is -0.324 e. The number of nitrogens with zero attached hydrogens (tertiary/aromatic N) is 1. The van der Waals surface area contributed by atoms with Crippen molar-refractivity contribution in [3.05, 3.63) is 33.8 Å². The van der Waals surface area contributed by atoms with Crippen LogP contribution in [0, 0.1) is 0 Å². The standard InChI is InChI=1S/C10H12Cl2NO5P/c11-8-4-7(5-9(12)6-8)10(14)13(15)2-1-3-19(16,17)18/h4-6,15H,1-3H2,(H2,16,17,18). The van der Waals surface area contributed by atoms with Crippen molar-refractivity contribution < 1.29 is 24.4 Å². The van der Waals surface area contributed by atoms with Gasteiger partial charge in [0.05, 0.1) is 6.16 Å². The van der Waals surface area contributed by atoms with Gasteiger partial charge < -0.3 is 9.79 Å². The second-order valence-electron chi connectivity index (χ2n) is 3.83. The van der Waals surface area contributed by atoms with Crippen molar-refractivity contribution in [1.29, 1.82) is 0 Å². The molecule has 1 rings (SSSR count). The van der Waals surface area contributed by atoms with E-state index in [-0.39, 0.29) is 28.6 Å². The molecular weight excluding hydrogens is 316 g/mol. The van der Waals surface area contributed by atoms with Crippen LogP contribution in [0.2, 0.25) is 10.0 Å². The third kappa shape index (κ3) is 5.91. The summed E-state index contributed by atoms with van der Waals surface area (Å²) in [5.74, 6) is -0.741. The number of benzene rings is 1. The molecule has 6 nitrogen and oxygen atoms in total. The zero-order valence-electron chi connectivity index (χ0n) is 9.66. The topological polar surface area (TPSA) is 98.1 Å². The second kappa shape index (κ2) is 6.70. The molecule has 0 atom stereocenters. The number of carbonyl (C=O) groups is 1. The molecule has 0 radical (unpaired) electrons. The van der Waals surface area contributed by atoms with Gasteiger partial charge in [0, 0.05) is 22.2 Å². The van der Waals surface area contributed by atoms with E-state index >= 15 is 0 Å². The molecule has 1 aromatic rings. The molecule has 0 bridgehead atoms. The number of carbonyl (C=O) groups excluding carboxylic acids is 1. The van der Waals surface area contributed by atoms with Crippen molar-refractivity contribution in [2.75, 3.05) is 12.7 Å². The molecule has 0 saturated carbocycles. The van der Waals surface area contributed by atoms with Gasteiger partial charge in [-0.25, -0.2) is 5.06 Å². The molecule has 19 heavy (non-hydrogen) atoms. The quantitative estimate of drug-likeness (QED) is 0.438. The van der Waals surface area contributed by atoms with E-state index in [1.165, 1.54) is 18.2 Å². The first kappa shape index (κ1) is 16.4. The van der Waals surface area contributed by atoms with E-state index < -0.39 is 19.7 Å². The summed E-state index contributed by atoms with van der Waals surface area (Å²) in [7, 11) is -4.13. The van der Waals surface area contributed by atoms with Crippen LogP contribution in [-0.2, 0) is 4.57 Å². The lowest BCUT2D eigenvalue weighted by Crippen LogP contribution is -2.28. The predicted octanol–water partition coefficient (Wildman–Crippen LogP) is 2.39. The van der Waals surface area contributed by atoms with Crippen molar-refractivity contribution in [3.63, 3.8) is 0 Å². The summed E-state index contributed by atoms with van der Waals surface area (Å²) in [5, 5.41) is 10.4. The largest absolute Gasteiger partial charge is 0.325 e. The van der Waals surface area contributed by atoms with Crippen LogP contribution >= 0.6 is 30.8 Å². The van der Waals surface area contributed by atoms with Crippen LogP contribution in [0.5, 0.6) is 0 Å². The molecule has 106 valence electrons. The molecule has 1 aromatic carbocycles. The normalized spacial score (nSPS) is 11.4. The van der Waals surface area contributed by atoms with E-state index in [4.69, 9.17) is 33.0 Å². The maximum atomic E-state index is 11.8. The van der Waals surface area contributed by atoms with Crippen molar-refractivity contribution in [2.24, 2.45) is 0 Å². The minimum atomic E-state index is -4.13. The first-order valence-corrected chi connectivity index (χ1v) is 7.76. The highest BCUT2D eigenvalue weighted by Gasteiger charge is 2.17. The summed E-state index contributed by atoms with van der Waals surface area (Å²) < 4.78 is 10.6. The lowest BCUT2D eigenvalue weighted by Gasteiger charge is -2.15. The maximum Gasteiger partial charge on any atom is 0.325 e. The van der Waals surface area contributed by atoms with Crippen molar-refractivity contribution in [3.8, 4) is 0 Å². The number of halogens is 2. The fraction of sp³-hybridized carbons (Fsp3) is 0.300. The molecule has 1 amide bonds. The number of hydrogen-bond donors (Lipinski definition) is 3. The number of rotatable bonds is 5. The smallest absolute Gasteiger partial charge is 0.324 e. The maximum absolute atomic E-state index is 11.8. The molecule has 0 heterocycles. The molecule has 0 saturated heterocycles. The highest BCUT2D eigenvalue weighted by molar-refractivity contribution is 7.51. The SMILES string of the molecule is O=C(c1cc(Cl)cc(Cl)c1)N(O)CCCP(=O)(O)O. The van der Waals surface area contributed by atoms with Gasteiger partial charge >= 0.3 is 7.60 Å². The van der Waals surface area contributed by atoms with E-state index in [0.717, 1.165) is 0 Å². The van der Waals surface area contributed by atoms with Crippen LogP contribution in [0.1, 0.15) is 16.8 Å². The van der Waals surface area contributed by atoms with Gasteiger partial charge in [0.15, 0.2) is 0 Å². The van der Waals surface area contributed by atoms with Crippen LogP contribution in [0.3, 0.4) is 0 Å². The number of hydrogen-bond acceptors (Lipinski definition) is 3. The monoisotopic (exact) mass is 327 g/mol. The fourth-order valence-electron chi connectivity index (χ4n) is 1.35. The zero-order valence-corrected chi connectivity index (χ0v) is 12.1. The first-order valence-electron chi connectivity index (χ1n) is 5.20. The van der Waals surface area contributed by atoms with Gasteiger partial charge in [0.25, 0.3) is 5.91 Å². The summed E-state index contributed by atoms with van der Waals surface area (Å²) in [6.07, 6.45) is -0.436. The lowest BCUT2D eigenvalue weighted by molar-refractivity contribution is -0.0578. The third-order valence-corrected chi connectivity index (χ3v) is 3.50. The van der Waals surface area contributed by atoms with Crippen molar-refractivity contribution in [2.45, 2.75) is 6.42 Å². The van der Waals surface area contributed by atoms with Crippen LogP contribution in [0.15, 0.2) is 18.2 Å². The molecule has 0 unspecified atom stereocenters. The Morgan fingerprint density at radius 2 is 1.74 bits per heavy atom. The Morgan fingerprint density at radius 3 is 2.21 bits per heavy atom. The van der Waals surface area contributed by atoms with Gasteiger partial charge in [0.2, 0.25) is 0 Å². The Hall–Kier alpha value is -0.620. The van der Waals surface area contributed by atoms with Crippen LogP contribution in [-0.4, -0.2) is 38.7 Å². The van der Waals surface area contributed by atoms with Gasteiger partial charge in [-0.1, -0.05) is 23.2 Å². The number of hydroxylamine groups is 2. The van der Waals surface area contributed by atoms with Crippen LogP contribution < -0.4 is 0 Å². The average Bonchev–Trinajstić information content (AvgIpc) is 2.24. The van der Waals surface area contributed by atoms with E-state index in [1.54, 1.807) is 0 Å². The summed E-state index contributed by atoms with van der Waals surface area (Å²) in [5.41, 5.74) is 0.0937. The molecule has 0 fully saturated rings. The highest BCUT2D eigenvalue weighted by atomic mass is 35.5.